The van der Waals surface area contributed by atoms with Crippen LogP contribution in [-0.2, 0) is 4.79 Å². The van der Waals surface area contributed by atoms with Crippen molar-refractivity contribution in [2.45, 2.75) is 0 Å². The van der Waals surface area contributed by atoms with Crippen molar-refractivity contribution in [2.24, 2.45) is 0 Å². The average Bonchev–Trinajstić information content (AvgIpc) is 2.75. The molecule has 1 heterocycles. The third-order valence-electron chi connectivity index (χ3n) is 2.51. The minimum atomic E-state index is -0.279. The summed E-state index contributed by atoms with van der Waals surface area (Å²) in [4.78, 5) is 11.5. The Hall–Kier alpha value is -2.59. The van der Waals surface area contributed by atoms with Crippen LogP contribution < -0.4 is 20.1 Å². The molecule has 1 amide bonds. The summed E-state index contributed by atoms with van der Waals surface area (Å²) in [5.74, 6) is 0.671. The first kappa shape index (κ1) is 13.8. The van der Waals surface area contributed by atoms with Crippen LogP contribution in [0.15, 0.2) is 23.9 Å². The van der Waals surface area contributed by atoms with Crippen molar-refractivity contribution in [3.63, 3.8) is 0 Å². The number of carbonyl (C=O) groups is 1. The third-order valence-corrected chi connectivity index (χ3v) is 2.71. The lowest BCUT2D eigenvalue weighted by Crippen LogP contribution is -2.21. The van der Waals surface area contributed by atoms with Crippen molar-refractivity contribution in [1.82, 2.24) is 10.6 Å². The fourth-order valence-corrected chi connectivity index (χ4v) is 1.85. The fraction of sp³-hybridized carbons (Fsp3) is 0.154. The molecule has 0 spiro atoms. The van der Waals surface area contributed by atoms with Crippen molar-refractivity contribution < 1.29 is 14.3 Å². The summed E-state index contributed by atoms with van der Waals surface area (Å²) in [7, 11) is 1.50. The molecule has 2 N–H and O–H groups in total. The second-order valence-electron chi connectivity index (χ2n) is 3.82. The van der Waals surface area contributed by atoms with Gasteiger partial charge in [0.2, 0.25) is 0 Å². The summed E-state index contributed by atoms with van der Waals surface area (Å²) in [6, 6.07) is 7.01. The Labute approximate surface area is 121 Å². The molecule has 1 aromatic rings. The molecule has 0 atom stereocenters. The van der Waals surface area contributed by atoms with Gasteiger partial charge in [0.25, 0.3) is 5.91 Å². The maximum absolute atomic E-state index is 11.5. The van der Waals surface area contributed by atoms with Crippen LogP contribution in [0.3, 0.4) is 0 Å². The summed E-state index contributed by atoms with van der Waals surface area (Å²) >= 11 is 4.85. The van der Waals surface area contributed by atoms with E-state index < -0.39 is 0 Å². The Morgan fingerprint density at radius 3 is 2.80 bits per heavy atom. The molecule has 1 saturated heterocycles. The molecule has 1 aliphatic rings. The van der Waals surface area contributed by atoms with Crippen LogP contribution in [0.1, 0.15) is 5.56 Å². The van der Waals surface area contributed by atoms with Gasteiger partial charge in [0, 0.05) is 0 Å². The van der Waals surface area contributed by atoms with Gasteiger partial charge < -0.3 is 14.8 Å². The van der Waals surface area contributed by atoms with Crippen molar-refractivity contribution in [3.05, 3.63) is 29.5 Å². The zero-order chi connectivity index (χ0) is 14.5. The molecule has 1 fully saturated rings. The van der Waals surface area contributed by atoms with Crippen molar-refractivity contribution in [3.8, 4) is 17.6 Å². The largest absolute Gasteiger partial charge is 0.493 e. The number of nitriles is 1. The lowest BCUT2D eigenvalue weighted by atomic mass is 10.1. The highest BCUT2D eigenvalue weighted by Gasteiger charge is 2.20. The Morgan fingerprint density at radius 1 is 1.40 bits per heavy atom. The zero-order valence-corrected chi connectivity index (χ0v) is 11.4. The van der Waals surface area contributed by atoms with Gasteiger partial charge in [0.15, 0.2) is 23.2 Å². The van der Waals surface area contributed by atoms with Crippen molar-refractivity contribution >= 4 is 29.3 Å². The second kappa shape index (κ2) is 6.04. The van der Waals surface area contributed by atoms with Gasteiger partial charge in [-0.05, 0) is 36.0 Å². The molecule has 0 unspecified atom stereocenters. The predicted molar refractivity (Wildman–Crippen MR) is 76.0 cm³/mol. The van der Waals surface area contributed by atoms with E-state index in [4.69, 9.17) is 27.0 Å². The molecule has 0 saturated carbocycles. The lowest BCUT2D eigenvalue weighted by Gasteiger charge is -2.09. The quantitative estimate of drug-likeness (QED) is 0.634. The smallest absolute Gasteiger partial charge is 0.273 e. The maximum Gasteiger partial charge on any atom is 0.273 e. The Morgan fingerprint density at radius 2 is 2.20 bits per heavy atom. The molecule has 0 bridgehead atoms. The monoisotopic (exact) mass is 289 g/mol. The molecule has 7 heteroatoms. The van der Waals surface area contributed by atoms with Gasteiger partial charge in [0.1, 0.15) is 11.8 Å². The van der Waals surface area contributed by atoms with E-state index in [0.717, 1.165) is 5.56 Å². The van der Waals surface area contributed by atoms with E-state index in [9.17, 15) is 4.79 Å². The Bertz CT molecular complexity index is 634. The van der Waals surface area contributed by atoms with Crippen LogP contribution in [0.2, 0.25) is 0 Å². The number of carbonyl (C=O) groups excluding carboxylic acids is 1. The first-order valence-corrected chi connectivity index (χ1v) is 6.06. The summed E-state index contributed by atoms with van der Waals surface area (Å²) in [5.41, 5.74) is 1.11. The van der Waals surface area contributed by atoms with Crippen LogP contribution in [0.25, 0.3) is 6.08 Å². The normalized spacial score (nSPS) is 15.5. The van der Waals surface area contributed by atoms with Gasteiger partial charge in [-0.25, -0.2) is 0 Å². The number of hydrogen-bond acceptors (Lipinski definition) is 5. The number of thiocarbonyl (C=S) groups is 1. The Balaban J connectivity index is 2.26. The number of methoxy groups -OCH3 is 1. The highest BCUT2D eigenvalue weighted by molar-refractivity contribution is 7.80. The predicted octanol–water partition coefficient (Wildman–Crippen LogP) is 0.943. The lowest BCUT2D eigenvalue weighted by molar-refractivity contribution is -0.115. The standard InChI is InChI=1S/C13H11N3O3S/c1-18-11-7-8(2-3-10(11)19-5-4-14)6-9-12(17)16-13(20)15-9/h2-3,6-7H,5H2,1H3,(H2,15,16,17,20)/b9-6-. The number of benzene rings is 1. The minimum Gasteiger partial charge on any atom is -0.493 e. The highest BCUT2D eigenvalue weighted by atomic mass is 32.1. The molecule has 20 heavy (non-hydrogen) atoms. The van der Waals surface area contributed by atoms with Crippen LogP contribution in [0.5, 0.6) is 11.5 Å². The first-order chi connectivity index (χ1) is 9.63. The highest BCUT2D eigenvalue weighted by Crippen LogP contribution is 2.28. The minimum absolute atomic E-state index is 0.0605. The summed E-state index contributed by atoms with van der Waals surface area (Å²) in [5, 5.41) is 14.0. The molecular formula is C13H11N3O3S. The number of amides is 1. The zero-order valence-electron chi connectivity index (χ0n) is 10.6. The number of nitrogens with zero attached hydrogens (tertiary/aromatic N) is 1. The fourth-order valence-electron chi connectivity index (χ4n) is 1.65. The summed E-state index contributed by atoms with van der Waals surface area (Å²) in [6.07, 6.45) is 1.64. The van der Waals surface area contributed by atoms with Gasteiger partial charge in [-0.2, -0.15) is 5.26 Å². The van der Waals surface area contributed by atoms with Crippen molar-refractivity contribution in [1.29, 1.82) is 5.26 Å². The molecule has 0 aliphatic carbocycles. The van der Waals surface area contributed by atoms with Gasteiger partial charge in [0.05, 0.1) is 7.11 Å². The SMILES string of the molecule is COc1cc(/C=C2\NC(=S)NC2=O)ccc1OCC#N. The maximum atomic E-state index is 11.5. The Kier molecular flexibility index (Phi) is 4.17. The first-order valence-electron chi connectivity index (χ1n) is 5.66. The van der Waals surface area contributed by atoms with Crippen LogP contribution >= 0.6 is 12.2 Å². The molecular weight excluding hydrogens is 278 g/mol. The molecule has 1 aromatic carbocycles. The van der Waals surface area contributed by atoms with Crippen molar-refractivity contribution in [2.75, 3.05) is 13.7 Å². The van der Waals surface area contributed by atoms with Gasteiger partial charge in [-0.3, -0.25) is 10.1 Å². The molecule has 6 nitrogen and oxygen atoms in total. The topological polar surface area (TPSA) is 83.4 Å². The number of ether oxygens (including phenoxy) is 2. The summed E-state index contributed by atoms with van der Waals surface area (Å²) in [6.45, 7) is -0.0605. The number of rotatable bonds is 4. The number of nitrogens with one attached hydrogen (secondary N) is 2. The van der Waals surface area contributed by atoms with E-state index in [0.29, 0.717) is 17.2 Å². The van der Waals surface area contributed by atoms with E-state index in [1.807, 2.05) is 6.07 Å². The van der Waals surface area contributed by atoms with Gasteiger partial charge in [-0.1, -0.05) is 6.07 Å². The molecule has 1 aliphatic heterocycles. The van der Waals surface area contributed by atoms with E-state index >= 15 is 0 Å². The van der Waals surface area contributed by atoms with Crippen LogP contribution in [0.4, 0.5) is 0 Å². The molecule has 0 aromatic heterocycles. The van der Waals surface area contributed by atoms with E-state index in [1.165, 1.54) is 7.11 Å². The third kappa shape index (κ3) is 3.05. The van der Waals surface area contributed by atoms with E-state index in [-0.39, 0.29) is 17.6 Å². The van der Waals surface area contributed by atoms with Crippen LogP contribution in [0, 0.1) is 11.3 Å². The van der Waals surface area contributed by atoms with Gasteiger partial charge in [-0.15, -0.1) is 0 Å². The number of hydrogen-bond donors (Lipinski definition) is 2. The van der Waals surface area contributed by atoms with E-state index in [2.05, 4.69) is 10.6 Å². The van der Waals surface area contributed by atoms with Crippen LogP contribution in [-0.4, -0.2) is 24.7 Å². The van der Waals surface area contributed by atoms with E-state index in [1.54, 1.807) is 24.3 Å². The average molecular weight is 289 g/mol. The second-order valence-corrected chi connectivity index (χ2v) is 4.23. The summed E-state index contributed by atoms with van der Waals surface area (Å²) < 4.78 is 10.4. The van der Waals surface area contributed by atoms with Gasteiger partial charge >= 0.3 is 0 Å². The molecule has 102 valence electrons. The molecule has 0 radical (unpaired) electrons. The molecule has 2 rings (SSSR count).